The van der Waals surface area contributed by atoms with E-state index in [1.165, 1.54) is 51.4 Å². The average molecular weight is 422 g/mol. The van der Waals surface area contributed by atoms with Gasteiger partial charge in [-0.15, -0.1) is 0 Å². The molecule has 4 heteroatoms. The summed E-state index contributed by atoms with van der Waals surface area (Å²) >= 11 is 0. The van der Waals surface area contributed by atoms with Gasteiger partial charge in [-0.2, -0.15) is 0 Å². The number of ether oxygens (including phenoxy) is 1. The van der Waals surface area contributed by atoms with Crippen molar-refractivity contribution in [2.24, 2.45) is 0 Å². The molecule has 0 bridgehead atoms. The maximum Gasteiger partial charge on any atom is 0.347 e. The van der Waals surface area contributed by atoms with Crippen molar-refractivity contribution >= 4 is 5.97 Å². The van der Waals surface area contributed by atoms with Crippen LogP contribution in [-0.4, -0.2) is 40.7 Å². The zero-order chi connectivity index (χ0) is 21.7. The molecule has 31 heavy (non-hydrogen) atoms. The maximum atomic E-state index is 13.3. The Morgan fingerprint density at radius 3 is 1.74 bits per heavy atom. The van der Waals surface area contributed by atoms with E-state index in [-0.39, 0.29) is 6.04 Å². The van der Waals surface area contributed by atoms with Crippen molar-refractivity contribution in [3.8, 4) is 0 Å². The zero-order valence-corrected chi connectivity index (χ0v) is 18.6. The number of aliphatic hydroxyl groups is 1. The number of benzene rings is 2. The summed E-state index contributed by atoms with van der Waals surface area (Å²) in [6, 6.07) is 19.5. The van der Waals surface area contributed by atoms with E-state index in [1.54, 1.807) is 24.3 Å². The third kappa shape index (κ3) is 4.70. The summed E-state index contributed by atoms with van der Waals surface area (Å²) in [5.74, 6) is -0.602. The molecule has 1 unspecified atom stereocenters. The molecule has 0 saturated heterocycles. The molecule has 0 aromatic heterocycles. The number of carbonyl (C=O) groups excluding carboxylic acids is 1. The van der Waals surface area contributed by atoms with Crippen molar-refractivity contribution in [1.82, 2.24) is 4.90 Å². The molecule has 166 valence electrons. The maximum absolute atomic E-state index is 13.3. The molecule has 1 atom stereocenters. The molecular formula is C27H35NO3. The minimum absolute atomic E-state index is 0.144. The highest BCUT2D eigenvalue weighted by atomic mass is 16.6. The fourth-order valence-corrected chi connectivity index (χ4v) is 5.57. The molecule has 2 saturated carbocycles. The van der Waals surface area contributed by atoms with Crippen LogP contribution in [0.25, 0.3) is 0 Å². The first-order valence-electron chi connectivity index (χ1n) is 11.9. The molecule has 0 aliphatic heterocycles. The van der Waals surface area contributed by atoms with E-state index < -0.39 is 11.6 Å². The first kappa shape index (κ1) is 22.0. The molecule has 2 aromatic carbocycles. The van der Waals surface area contributed by atoms with Crippen LogP contribution in [0.3, 0.4) is 0 Å². The van der Waals surface area contributed by atoms with Crippen LogP contribution in [0.15, 0.2) is 60.7 Å². The van der Waals surface area contributed by atoms with Crippen LogP contribution < -0.4 is 0 Å². The van der Waals surface area contributed by atoms with E-state index >= 15 is 0 Å². The van der Waals surface area contributed by atoms with Gasteiger partial charge in [0.25, 0.3) is 0 Å². The predicted octanol–water partition coefficient (Wildman–Crippen LogP) is 5.04. The Hall–Kier alpha value is -2.17. The van der Waals surface area contributed by atoms with Crippen molar-refractivity contribution in [1.29, 1.82) is 0 Å². The van der Waals surface area contributed by atoms with E-state index in [4.69, 9.17) is 4.74 Å². The lowest BCUT2D eigenvalue weighted by Gasteiger charge is -2.39. The van der Waals surface area contributed by atoms with Crippen molar-refractivity contribution in [2.45, 2.75) is 82.0 Å². The Balaban J connectivity index is 1.52. The lowest BCUT2D eigenvalue weighted by Crippen LogP contribution is -2.49. The summed E-state index contributed by atoms with van der Waals surface area (Å²) < 4.78 is 5.85. The quantitative estimate of drug-likeness (QED) is 0.607. The Kier molecular flexibility index (Phi) is 7.09. The van der Waals surface area contributed by atoms with Crippen LogP contribution in [0.4, 0.5) is 0 Å². The fourth-order valence-electron chi connectivity index (χ4n) is 5.57. The van der Waals surface area contributed by atoms with Gasteiger partial charge in [0.1, 0.15) is 6.61 Å². The number of rotatable bonds is 8. The minimum Gasteiger partial charge on any atom is -0.461 e. The summed E-state index contributed by atoms with van der Waals surface area (Å²) in [7, 11) is 0. The van der Waals surface area contributed by atoms with Gasteiger partial charge in [0.05, 0.1) is 0 Å². The number of hydrogen-bond donors (Lipinski definition) is 1. The second-order valence-corrected chi connectivity index (χ2v) is 9.21. The lowest BCUT2D eigenvalue weighted by atomic mass is 9.86. The number of carbonyl (C=O) groups is 1. The smallest absolute Gasteiger partial charge is 0.347 e. The molecule has 2 fully saturated rings. The Morgan fingerprint density at radius 2 is 1.32 bits per heavy atom. The Bertz CT molecular complexity index is 771. The van der Waals surface area contributed by atoms with Crippen LogP contribution in [0, 0.1) is 0 Å². The molecule has 4 rings (SSSR count). The first-order valence-corrected chi connectivity index (χ1v) is 11.9. The highest BCUT2D eigenvalue weighted by molar-refractivity contribution is 5.85. The summed E-state index contributed by atoms with van der Waals surface area (Å²) in [5.41, 5.74) is -0.752. The average Bonchev–Trinajstić information content (AvgIpc) is 3.53. The molecule has 0 spiro atoms. The molecular weight excluding hydrogens is 386 g/mol. The van der Waals surface area contributed by atoms with Gasteiger partial charge in [0, 0.05) is 18.1 Å². The number of nitrogens with zero attached hydrogens (tertiary/aromatic N) is 1. The standard InChI is InChI=1S/C27H35NO3/c1-21(28(24-16-8-9-17-24)25-18-10-11-19-25)20-31-26(29)27(30,22-12-4-2-5-13-22)23-14-6-3-7-15-23/h2-7,12-15,21,24-25,30H,8-11,16-20H2,1H3. The first-order chi connectivity index (χ1) is 15.1. The van der Waals surface area contributed by atoms with Crippen molar-refractivity contribution in [3.63, 3.8) is 0 Å². The molecule has 0 radical (unpaired) electrons. The van der Waals surface area contributed by atoms with Gasteiger partial charge in [-0.05, 0) is 43.7 Å². The van der Waals surface area contributed by atoms with Crippen LogP contribution >= 0.6 is 0 Å². The topological polar surface area (TPSA) is 49.8 Å². The van der Waals surface area contributed by atoms with Crippen LogP contribution in [0.1, 0.15) is 69.4 Å². The van der Waals surface area contributed by atoms with Gasteiger partial charge in [-0.25, -0.2) is 4.79 Å². The van der Waals surface area contributed by atoms with Crippen LogP contribution in [0.2, 0.25) is 0 Å². The number of esters is 1. The molecule has 2 aromatic rings. The normalized spacial score (nSPS) is 19.1. The van der Waals surface area contributed by atoms with Gasteiger partial charge in [0.15, 0.2) is 0 Å². The van der Waals surface area contributed by atoms with E-state index in [2.05, 4.69) is 11.8 Å². The number of hydrogen-bond acceptors (Lipinski definition) is 4. The van der Waals surface area contributed by atoms with Crippen molar-refractivity contribution < 1.29 is 14.6 Å². The van der Waals surface area contributed by atoms with Crippen molar-refractivity contribution in [2.75, 3.05) is 6.61 Å². The fraction of sp³-hybridized carbons (Fsp3) is 0.519. The van der Waals surface area contributed by atoms with Gasteiger partial charge < -0.3 is 9.84 Å². The highest BCUT2D eigenvalue weighted by Gasteiger charge is 2.42. The Morgan fingerprint density at radius 1 is 0.903 bits per heavy atom. The molecule has 2 aliphatic rings. The second kappa shape index (κ2) is 9.97. The van der Waals surface area contributed by atoms with E-state index in [0.717, 1.165) is 0 Å². The SMILES string of the molecule is CC(COC(=O)C(O)(c1ccccc1)c1ccccc1)N(C1CCCC1)C1CCCC1. The third-order valence-corrected chi connectivity index (χ3v) is 7.14. The second-order valence-electron chi connectivity index (χ2n) is 9.21. The summed E-state index contributed by atoms with van der Waals surface area (Å²) in [6.07, 6.45) is 10.1. The third-order valence-electron chi connectivity index (χ3n) is 7.14. The van der Waals surface area contributed by atoms with E-state index in [1.807, 2.05) is 36.4 Å². The molecule has 2 aliphatic carbocycles. The van der Waals surface area contributed by atoms with Gasteiger partial charge in [-0.1, -0.05) is 86.3 Å². The zero-order valence-electron chi connectivity index (χ0n) is 18.6. The van der Waals surface area contributed by atoms with Gasteiger partial charge in [-0.3, -0.25) is 4.90 Å². The lowest BCUT2D eigenvalue weighted by molar-refractivity contribution is -0.164. The molecule has 4 nitrogen and oxygen atoms in total. The largest absolute Gasteiger partial charge is 0.461 e. The van der Waals surface area contributed by atoms with Gasteiger partial charge >= 0.3 is 5.97 Å². The summed E-state index contributed by atoms with van der Waals surface area (Å²) in [4.78, 5) is 16.0. The summed E-state index contributed by atoms with van der Waals surface area (Å²) in [6.45, 7) is 2.47. The van der Waals surface area contributed by atoms with Crippen LogP contribution in [0.5, 0.6) is 0 Å². The van der Waals surface area contributed by atoms with Crippen LogP contribution in [-0.2, 0) is 15.1 Å². The molecule has 0 heterocycles. The minimum atomic E-state index is -1.81. The predicted molar refractivity (Wildman–Crippen MR) is 123 cm³/mol. The molecule has 1 N–H and O–H groups in total. The van der Waals surface area contributed by atoms with Crippen molar-refractivity contribution in [3.05, 3.63) is 71.8 Å². The van der Waals surface area contributed by atoms with E-state index in [9.17, 15) is 9.90 Å². The van der Waals surface area contributed by atoms with Gasteiger partial charge in [0.2, 0.25) is 5.60 Å². The highest BCUT2D eigenvalue weighted by Crippen LogP contribution is 2.34. The summed E-state index contributed by atoms with van der Waals surface area (Å²) in [5, 5.41) is 11.6. The molecule has 0 amide bonds. The Labute approximate surface area is 186 Å². The monoisotopic (exact) mass is 421 g/mol. The van der Waals surface area contributed by atoms with E-state index in [0.29, 0.717) is 29.8 Å².